The topological polar surface area (TPSA) is 41.5 Å². The van der Waals surface area contributed by atoms with Crippen molar-refractivity contribution >= 4 is 0 Å². The van der Waals surface area contributed by atoms with Gasteiger partial charge in [-0.25, -0.2) is 0 Å². The fourth-order valence-electron chi connectivity index (χ4n) is 2.79. The minimum Gasteiger partial charge on any atom is -0.396 e. The maximum Gasteiger partial charge on any atom is 0.0655 e. The summed E-state index contributed by atoms with van der Waals surface area (Å²) in [5.74, 6) is 0. The van der Waals surface area contributed by atoms with Crippen molar-refractivity contribution in [1.29, 1.82) is 0 Å². The predicted octanol–water partition coefficient (Wildman–Crippen LogP) is 2.58. The molecule has 0 aromatic rings. The lowest BCUT2D eigenvalue weighted by Gasteiger charge is -2.54. The first-order valence-corrected chi connectivity index (χ1v) is 7.22. The number of rotatable bonds is 6. The number of hydrogen-bond donors (Lipinski definition) is 2. The number of aliphatic hydroxyl groups excluding tert-OH is 1. The second kappa shape index (κ2) is 5.89. The van der Waals surface area contributed by atoms with E-state index in [2.05, 4.69) is 46.9 Å². The summed E-state index contributed by atoms with van der Waals surface area (Å²) < 4.78 is 5.76. The van der Waals surface area contributed by atoms with Crippen LogP contribution in [0.5, 0.6) is 0 Å². The van der Waals surface area contributed by atoms with Crippen molar-refractivity contribution in [2.45, 2.75) is 72.6 Å². The molecule has 1 aliphatic rings. The summed E-state index contributed by atoms with van der Waals surface area (Å²) in [4.78, 5) is 0. The average molecular weight is 257 g/mol. The van der Waals surface area contributed by atoms with Crippen molar-refractivity contribution in [3.8, 4) is 0 Å². The molecule has 2 N–H and O–H groups in total. The molecule has 3 heteroatoms. The summed E-state index contributed by atoms with van der Waals surface area (Å²) in [6, 6.07) is 0.846. The van der Waals surface area contributed by atoms with Crippen LogP contribution < -0.4 is 5.32 Å². The van der Waals surface area contributed by atoms with E-state index in [4.69, 9.17) is 4.74 Å². The molecule has 1 rings (SSSR count). The molecular weight excluding hydrogens is 226 g/mol. The molecule has 0 aromatic heterocycles. The molecule has 108 valence electrons. The Kier molecular flexibility index (Phi) is 5.22. The van der Waals surface area contributed by atoms with Gasteiger partial charge in [0.25, 0.3) is 0 Å². The normalized spacial score (nSPS) is 28.8. The van der Waals surface area contributed by atoms with E-state index in [0.29, 0.717) is 18.2 Å². The average Bonchev–Trinajstić information content (AvgIpc) is 2.25. The van der Waals surface area contributed by atoms with Crippen LogP contribution in [0.4, 0.5) is 0 Å². The lowest BCUT2D eigenvalue weighted by molar-refractivity contribution is -0.119. The van der Waals surface area contributed by atoms with E-state index in [0.717, 1.165) is 19.4 Å². The Bertz CT molecular complexity index is 258. The standard InChI is InChI=1S/C15H31NO2/c1-7-18-13-10-12(15(13,5)6)16-11(8-9-17)14(2,3)4/h11-13,16-17H,7-10H2,1-6H3. The van der Waals surface area contributed by atoms with Gasteiger partial charge in [0, 0.05) is 30.7 Å². The van der Waals surface area contributed by atoms with Gasteiger partial charge in [0.2, 0.25) is 0 Å². The Labute approximate surface area is 112 Å². The van der Waals surface area contributed by atoms with E-state index >= 15 is 0 Å². The SMILES string of the molecule is CCOC1CC(NC(CCO)C(C)(C)C)C1(C)C. The van der Waals surface area contributed by atoms with Crippen molar-refractivity contribution in [2.75, 3.05) is 13.2 Å². The minimum absolute atomic E-state index is 0.176. The van der Waals surface area contributed by atoms with E-state index in [1.165, 1.54) is 0 Å². The number of nitrogens with one attached hydrogen (secondary N) is 1. The molecule has 3 nitrogen and oxygen atoms in total. The Morgan fingerprint density at radius 3 is 2.39 bits per heavy atom. The number of ether oxygens (including phenoxy) is 1. The predicted molar refractivity (Wildman–Crippen MR) is 75.7 cm³/mol. The molecule has 1 fully saturated rings. The molecule has 0 aliphatic heterocycles. The molecule has 18 heavy (non-hydrogen) atoms. The third kappa shape index (κ3) is 3.46. The van der Waals surface area contributed by atoms with Crippen molar-refractivity contribution in [1.82, 2.24) is 5.32 Å². The third-order valence-corrected chi connectivity index (χ3v) is 4.41. The molecule has 1 saturated carbocycles. The molecule has 1 aliphatic carbocycles. The van der Waals surface area contributed by atoms with Crippen molar-refractivity contribution in [3.05, 3.63) is 0 Å². The quantitative estimate of drug-likeness (QED) is 0.768. The van der Waals surface area contributed by atoms with Gasteiger partial charge in [0.05, 0.1) is 6.10 Å². The Morgan fingerprint density at radius 2 is 2.00 bits per heavy atom. The molecule has 3 unspecified atom stereocenters. The first-order valence-electron chi connectivity index (χ1n) is 7.22. The van der Waals surface area contributed by atoms with Gasteiger partial charge in [0.1, 0.15) is 0 Å². The highest BCUT2D eigenvalue weighted by atomic mass is 16.5. The van der Waals surface area contributed by atoms with Gasteiger partial charge in [-0.15, -0.1) is 0 Å². The van der Waals surface area contributed by atoms with Crippen LogP contribution in [0.1, 0.15) is 54.4 Å². The highest BCUT2D eigenvalue weighted by Gasteiger charge is 2.49. The Morgan fingerprint density at radius 1 is 1.39 bits per heavy atom. The van der Waals surface area contributed by atoms with Gasteiger partial charge in [0.15, 0.2) is 0 Å². The summed E-state index contributed by atoms with van der Waals surface area (Å²) in [6.07, 6.45) is 2.27. The maximum atomic E-state index is 9.21. The van der Waals surface area contributed by atoms with E-state index in [-0.39, 0.29) is 17.4 Å². The molecule has 0 spiro atoms. The molecule has 0 aromatic carbocycles. The number of hydrogen-bond acceptors (Lipinski definition) is 3. The monoisotopic (exact) mass is 257 g/mol. The highest BCUT2D eigenvalue weighted by molar-refractivity contribution is 5.04. The van der Waals surface area contributed by atoms with Crippen LogP contribution >= 0.6 is 0 Å². The van der Waals surface area contributed by atoms with Crippen LogP contribution in [-0.4, -0.2) is 36.5 Å². The highest BCUT2D eigenvalue weighted by Crippen LogP contribution is 2.43. The van der Waals surface area contributed by atoms with Crippen molar-refractivity contribution in [3.63, 3.8) is 0 Å². The smallest absolute Gasteiger partial charge is 0.0655 e. The zero-order chi connectivity index (χ0) is 14.0. The molecule has 3 atom stereocenters. The van der Waals surface area contributed by atoms with E-state index in [9.17, 15) is 5.11 Å². The third-order valence-electron chi connectivity index (χ3n) is 4.41. The van der Waals surface area contributed by atoms with Gasteiger partial charge in [-0.1, -0.05) is 34.6 Å². The van der Waals surface area contributed by atoms with Crippen LogP contribution in [0.3, 0.4) is 0 Å². The first kappa shape index (κ1) is 15.9. The van der Waals surface area contributed by atoms with Gasteiger partial charge >= 0.3 is 0 Å². The summed E-state index contributed by atoms with van der Waals surface area (Å²) in [5, 5.41) is 12.9. The Hall–Kier alpha value is -0.120. The fraction of sp³-hybridized carbons (Fsp3) is 1.00. The molecule has 0 amide bonds. The summed E-state index contributed by atoms with van der Waals surface area (Å²) in [5.41, 5.74) is 0.366. The van der Waals surface area contributed by atoms with Gasteiger partial charge in [-0.3, -0.25) is 0 Å². The van der Waals surface area contributed by atoms with Gasteiger partial charge in [-0.2, -0.15) is 0 Å². The minimum atomic E-state index is 0.176. The summed E-state index contributed by atoms with van der Waals surface area (Å²) in [7, 11) is 0. The zero-order valence-electron chi connectivity index (χ0n) is 12.9. The maximum absolute atomic E-state index is 9.21. The van der Waals surface area contributed by atoms with Gasteiger partial charge < -0.3 is 15.2 Å². The van der Waals surface area contributed by atoms with Crippen molar-refractivity contribution < 1.29 is 9.84 Å². The van der Waals surface area contributed by atoms with E-state index < -0.39 is 0 Å². The zero-order valence-corrected chi connectivity index (χ0v) is 12.9. The molecular formula is C15H31NO2. The van der Waals surface area contributed by atoms with Crippen molar-refractivity contribution in [2.24, 2.45) is 10.8 Å². The molecule has 0 bridgehead atoms. The van der Waals surface area contributed by atoms with Crippen LogP contribution in [-0.2, 0) is 4.74 Å². The Balaban J connectivity index is 2.57. The lowest BCUT2D eigenvalue weighted by atomic mass is 9.63. The first-order chi connectivity index (χ1) is 8.23. The summed E-state index contributed by atoms with van der Waals surface area (Å²) in [6.45, 7) is 14.3. The molecule has 0 heterocycles. The van der Waals surface area contributed by atoms with E-state index in [1.807, 2.05) is 0 Å². The van der Waals surface area contributed by atoms with E-state index in [1.54, 1.807) is 0 Å². The molecule has 0 saturated heterocycles. The fourth-order valence-corrected chi connectivity index (χ4v) is 2.79. The number of aliphatic hydroxyl groups is 1. The second-order valence-electron chi connectivity index (χ2n) is 7.15. The molecule has 0 radical (unpaired) electrons. The van der Waals surface area contributed by atoms with Gasteiger partial charge in [-0.05, 0) is 25.2 Å². The largest absolute Gasteiger partial charge is 0.396 e. The summed E-state index contributed by atoms with van der Waals surface area (Å²) >= 11 is 0. The van der Waals surface area contributed by atoms with Crippen LogP contribution in [0, 0.1) is 10.8 Å². The van der Waals surface area contributed by atoms with Crippen LogP contribution in [0.15, 0.2) is 0 Å². The van der Waals surface area contributed by atoms with Crippen LogP contribution in [0.2, 0.25) is 0 Å². The lowest BCUT2D eigenvalue weighted by Crippen LogP contribution is -2.64. The second-order valence-corrected chi connectivity index (χ2v) is 7.15. The van der Waals surface area contributed by atoms with Crippen LogP contribution in [0.25, 0.3) is 0 Å².